The first-order valence-electron chi connectivity index (χ1n) is 11.0. The Hall–Kier alpha value is -4.33. The predicted molar refractivity (Wildman–Crippen MR) is 128 cm³/mol. The first-order chi connectivity index (χ1) is 16.8. The van der Waals surface area contributed by atoms with Gasteiger partial charge in [0, 0.05) is 37.6 Å². The van der Waals surface area contributed by atoms with Crippen LogP contribution in [0, 0.1) is 0 Å². The monoisotopic (exact) mass is 475 g/mol. The molecule has 0 atom stereocenters. The van der Waals surface area contributed by atoms with Crippen molar-refractivity contribution in [2.24, 2.45) is 0 Å². The van der Waals surface area contributed by atoms with Crippen LogP contribution in [0.5, 0.6) is 11.5 Å². The molecule has 8 heteroatoms. The number of benzene rings is 3. The summed E-state index contributed by atoms with van der Waals surface area (Å²) in [6.45, 7) is 4.09. The van der Waals surface area contributed by atoms with Crippen LogP contribution in [-0.2, 0) is 48.4 Å². The Morgan fingerprint density at radius 1 is 0.686 bits per heavy atom. The van der Waals surface area contributed by atoms with Crippen LogP contribution in [0.2, 0.25) is 0 Å². The van der Waals surface area contributed by atoms with Gasteiger partial charge in [0.1, 0.15) is 19.8 Å². The molecule has 4 rings (SSSR count). The molecule has 0 spiro atoms. The van der Waals surface area contributed by atoms with Gasteiger partial charge < -0.3 is 23.8 Å². The summed E-state index contributed by atoms with van der Waals surface area (Å²) >= 11 is 0. The molecular formula is C27H25NO7. The van der Waals surface area contributed by atoms with E-state index in [4.69, 9.17) is 18.9 Å². The zero-order valence-electron chi connectivity index (χ0n) is 19.7. The molecule has 0 bridgehead atoms. The maximum atomic E-state index is 11.6. The molecule has 1 aliphatic rings. The van der Waals surface area contributed by atoms with Crippen molar-refractivity contribution in [3.63, 3.8) is 0 Å². The van der Waals surface area contributed by atoms with Gasteiger partial charge in [-0.3, -0.25) is 14.4 Å². The number of carbonyl (C=O) groups is 3. The Bertz CT molecular complexity index is 1270. The minimum absolute atomic E-state index is 0.0321. The van der Waals surface area contributed by atoms with Gasteiger partial charge in [0.15, 0.2) is 11.5 Å². The van der Waals surface area contributed by atoms with E-state index in [9.17, 15) is 14.4 Å². The topological polar surface area (TPSA) is 91.4 Å². The molecule has 0 saturated heterocycles. The number of carbonyl (C=O) groups excluding carboxylic acids is 3. The fraction of sp³-hybridized carbons (Fsp3) is 0.222. The van der Waals surface area contributed by atoms with E-state index in [0.717, 1.165) is 11.4 Å². The first kappa shape index (κ1) is 23.8. The molecule has 3 aromatic rings. The highest BCUT2D eigenvalue weighted by Gasteiger charge is 2.30. The number of esters is 3. The Labute approximate surface area is 203 Å². The van der Waals surface area contributed by atoms with Crippen molar-refractivity contribution in [2.75, 3.05) is 4.90 Å². The number of anilines is 3. The second kappa shape index (κ2) is 10.3. The molecule has 0 fully saturated rings. The highest BCUT2D eigenvalue weighted by molar-refractivity contribution is 5.88. The van der Waals surface area contributed by atoms with Crippen molar-refractivity contribution in [1.82, 2.24) is 0 Å². The molecule has 0 radical (unpaired) electrons. The van der Waals surface area contributed by atoms with E-state index in [1.807, 2.05) is 59.5 Å². The van der Waals surface area contributed by atoms with Crippen molar-refractivity contribution in [3.8, 4) is 11.5 Å². The van der Waals surface area contributed by atoms with E-state index < -0.39 is 17.9 Å². The Kier molecular flexibility index (Phi) is 7.01. The van der Waals surface area contributed by atoms with Gasteiger partial charge in [0.2, 0.25) is 0 Å². The summed E-state index contributed by atoms with van der Waals surface area (Å²) in [4.78, 5) is 36.5. The molecule has 8 nitrogen and oxygen atoms in total. The highest BCUT2D eigenvalue weighted by atomic mass is 16.5. The lowest BCUT2D eigenvalue weighted by molar-refractivity contribution is -0.143. The number of nitrogens with zero attached hydrogens (tertiary/aromatic N) is 1. The van der Waals surface area contributed by atoms with E-state index in [1.54, 1.807) is 6.07 Å². The molecule has 0 aromatic heterocycles. The molecular weight excluding hydrogens is 450 g/mol. The second-order valence-electron chi connectivity index (χ2n) is 7.98. The minimum atomic E-state index is -0.434. The van der Waals surface area contributed by atoms with Crippen LogP contribution < -0.4 is 9.64 Å². The van der Waals surface area contributed by atoms with Gasteiger partial charge in [0.25, 0.3) is 0 Å². The molecule has 1 aliphatic heterocycles. The minimum Gasteiger partial charge on any atom is -0.461 e. The van der Waals surface area contributed by atoms with E-state index in [2.05, 4.69) is 0 Å². The predicted octanol–water partition coefficient (Wildman–Crippen LogP) is 5.45. The van der Waals surface area contributed by atoms with Crippen molar-refractivity contribution in [2.45, 2.75) is 40.6 Å². The molecule has 0 unspecified atom stereocenters. The number of fused-ring (bicyclic) bond motifs is 2. The number of hydrogen-bond donors (Lipinski definition) is 0. The molecule has 1 heterocycles. The van der Waals surface area contributed by atoms with E-state index >= 15 is 0 Å². The van der Waals surface area contributed by atoms with Gasteiger partial charge in [-0.2, -0.15) is 0 Å². The van der Waals surface area contributed by atoms with E-state index in [0.29, 0.717) is 33.9 Å². The average Bonchev–Trinajstić information content (AvgIpc) is 2.83. The van der Waals surface area contributed by atoms with Crippen molar-refractivity contribution < 1.29 is 33.3 Å². The van der Waals surface area contributed by atoms with Crippen molar-refractivity contribution in [3.05, 3.63) is 77.4 Å². The molecule has 0 saturated carbocycles. The summed E-state index contributed by atoms with van der Waals surface area (Å²) in [5.74, 6) is -0.215. The zero-order chi connectivity index (χ0) is 24.9. The van der Waals surface area contributed by atoms with Crippen molar-refractivity contribution in [1.29, 1.82) is 0 Å². The third-order valence-electron chi connectivity index (χ3n) is 5.29. The van der Waals surface area contributed by atoms with Gasteiger partial charge in [-0.1, -0.05) is 30.3 Å². The smallest absolute Gasteiger partial charge is 0.302 e. The third-order valence-corrected chi connectivity index (χ3v) is 5.29. The summed E-state index contributed by atoms with van der Waals surface area (Å²) in [5, 5.41) is 0. The van der Waals surface area contributed by atoms with Crippen LogP contribution in [-0.4, -0.2) is 17.9 Å². The standard InChI is InChI=1S/C27H25NO7/c1-17(29)32-14-20-12-22(16-34-19(3)31)27-25(13-20)28(23-9-5-4-6-10-23)24-11-7-8-21(26(24)35-27)15-33-18(2)30/h4-13H,14-16H2,1-3H3. The summed E-state index contributed by atoms with van der Waals surface area (Å²) in [6.07, 6.45) is 0. The summed E-state index contributed by atoms with van der Waals surface area (Å²) in [6, 6.07) is 19.0. The zero-order valence-corrected chi connectivity index (χ0v) is 19.7. The fourth-order valence-corrected chi connectivity index (χ4v) is 3.82. The van der Waals surface area contributed by atoms with Crippen LogP contribution in [0.3, 0.4) is 0 Å². The third kappa shape index (κ3) is 5.43. The number of rotatable bonds is 7. The Morgan fingerprint density at radius 2 is 1.29 bits per heavy atom. The van der Waals surface area contributed by atoms with Gasteiger partial charge in [-0.15, -0.1) is 0 Å². The molecule has 0 amide bonds. The van der Waals surface area contributed by atoms with Gasteiger partial charge >= 0.3 is 17.9 Å². The van der Waals surface area contributed by atoms with Crippen LogP contribution >= 0.6 is 0 Å². The number of ether oxygens (including phenoxy) is 4. The molecule has 35 heavy (non-hydrogen) atoms. The normalized spacial score (nSPS) is 11.6. The van der Waals surface area contributed by atoms with Crippen LogP contribution in [0.1, 0.15) is 37.5 Å². The van der Waals surface area contributed by atoms with Crippen molar-refractivity contribution >= 4 is 35.0 Å². The van der Waals surface area contributed by atoms with E-state index in [-0.39, 0.29) is 19.8 Å². The van der Waals surface area contributed by atoms with Crippen LogP contribution in [0.4, 0.5) is 17.1 Å². The van der Waals surface area contributed by atoms with Gasteiger partial charge in [0.05, 0.1) is 11.4 Å². The highest BCUT2D eigenvalue weighted by Crippen LogP contribution is 2.53. The summed E-state index contributed by atoms with van der Waals surface area (Å²) in [7, 11) is 0. The van der Waals surface area contributed by atoms with Crippen LogP contribution in [0.25, 0.3) is 0 Å². The fourth-order valence-electron chi connectivity index (χ4n) is 3.82. The molecule has 0 N–H and O–H groups in total. The molecule has 3 aromatic carbocycles. The maximum Gasteiger partial charge on any atom is 0.302 e. The largest absolute Gasteiger partial charge is 0.461 e. The lowest BCUT2D eigenvalue weighted by atomic mass is 10.0. The lowest BCUT2D eigenvalue weighted by Crippen LogP contribution is -2.19. The Balaban J connectivity index is 1.90. The molecule has 180 valence electrons. The first-order valence-corrected chi connectivity index (χ1v) is 11.0. The molecule has 0 aliphatic carbocycles. The Morgan fingerprint density at radius 3 is 1.94 bits per heavy atom. The second-order valence-corrected chi connectivity index (χ2v) is 7.98. The SMILES string of the molecule is CC(=O)OCc1cc(COC(C)=O)c2c(c1)N(c1ccccc1)c1cccc(COC(C)=O)c1O2. The van der Waals surface area contributed by atoms with Crippen LogP contribution in [0.15, 0.2) is 60.7 Å². The van der Waals surface area contributed by atoms with E-state index in [1.165, 1.54) is 20.8 Å². The quantitative estimate of drug-likeness (QED) is 0.257. The van der Waals surface area contributed by atoms with Gasteiger partial charge in [-0.05, 0) is 35.9 Å². The lowest BCUT2D eigenvalue weighted by Gasteiger charge is -2.35. The maximum absolute atomic E-state index is 11.6. The summed E-state index contributed by atoms with van der Waals surface area (Å²) in [5.41, 5.74) is 4.31. The van der Waals surface area contributed by atoms with Gasteiger partial charge in [-0.25, -0.2) is 0 Å². The summed E-state index contributed by atoms with van der Waals surface area (Å²) < 4.78 is 22.2. The number of para-hydroxylation sites is 2. The number of hydrogen-bond acceptors (Lipinski definition) is 8. The average molecular weight is 475 g/mol.